The number of carbonyl (C=O) groups is 4. The van der Waals surface area contributed by atoms with Crippen molar-refractivity contribution in [2.24, 2.45) is 23.7 Å². The molecule has 4 N–H and O–H groups in total. The standard InChI is InChI=1S/C49H86N2O17.ClH/c1-18-34-49(13,59)42(57)26(5)38(54)24(3)22-47(11,68-36-21-33(51(16)17)39(55)29(8)61-36)43(66-46-40(56)32(50(14)15)20-25(4)60-46)27(6)41(28(7)45(58)63-34)65-37-23-48(12,67-31(10)52)44(30(9)62-37)64-35(53)19-2;/h24-30,32-34,36-37,39-44,46,55-57,59H,18-23H2,1-17H3;1H/t24-,25-,26+,27+,28-,29+,30+,32+,33-,34-,36+,37+,39+,40-,41+,42-,43-,44+,46+,47-,48-,49-;/m1./s1. The third-order valence-electron chi connectivity index (χ3n) is 15.0. The second-order valence-electron chi connectivity index (χ2n) is 21.3. The van der Waals surface area contributed by atoms with Crippen molar-refractivity contribution >= 4 is 36.1 Å². The smallest absolute Gasteiger partial charge is 0.311 e. The minimum atomic E-state index is -2.09. The topological polar surface area (TPSA) is 239 Å². The Kier molecular flexibility index (Phi) is 21.9. The summed E-state index contributed by atoms with van der Waals surface area (Å²) in [4.78, 5) is 58.4. The lowest BCUT2D eigenvalue weighted by atomic mass is 9.73. The van der Waals surface area contributed by atoms with E-state index < -0.39 is 150 Å². The number of ether oxygens (including phenoxy) is 9. The van der Waals surface area contributed by atoms with Crippen LogP contribution in [-0.4, -0.2) is 191 Å². The SMILES string of the molecule is CCC(=O)O[C@H]1[C@H](C)O[C@@H](O[C@H]2[C@H](C)[C@@H](O[C@@H]3O[C@H](C)C[C@H](N(C)C)[C@H]3O)[C@](C)(O[C@H]3C[C@@H](N(C)C)[C@@H](O)[C@H](C)O3)C[C@@H](C)C(=O)[C@H](C)[C@@H](O)[C@](C)(O)[C@@H](CC)OC(=O)[C@@H]2C)C[C@@]1(C)OC(C)=O.Cl. The highest BCUT2D eigenvalue weighted by Crippen LogP contribution is 2.44. The molecule has 4 saturated heterocycles. The highest BCUT2D eigenvalue weighted by atomic mass is 35.5. The predicted octanol–water partition coefficient (Wildman–Crippen LogP) is 3.54. The van der Waals surface area contributed by atoms with Crippen LogP contribution in [-0.2, 0) is 61.8 Å². The van der Waals surface area contributed by atoms with Crippen molar-refractivity contribution in [3.8, 4) is 0 Å². The van der Waals surface area contributed by atoms with Crippen LogP contribution in [0.1, 0.15) is 129 Å². The fourth-order valence-corrected chi connectivity index (χ4v) is 11.1. The van der Waals surface area contributed by atoms with Crippen LogP contribution in [0, 0.1) is 23.7 Å². The maximum atomic E-state index is 14.7. The van der Waals surface area contributed by atoms with E-state index in [4.69, 9.17) is 42.6 Å². The van der Waals surface area contributed by atoms with Gasteiger partial charge >= 0.3 is 17.9 Å². The van der Waals surface area contributed by atoms with E-state index in [1.807, 2.05) is 44.9 Å². The average Bonchev–Trinajstić information content (AvgIpc) is 3.24. The molecule has 4 fully saturated rings. The van der Waals surface area contributed by atoms with Crippen molar-refractivity contribution in [3.63, 3.8) is 0 Å². The van der Waals surface area contributed by atoms with Gasteiger partial charge in [-0.1, -0.05) is 34.6 Å². The Hall–Kier alpha value is -2.11. The number of halogens is 1. The summed E-state index contributed by atoms with van der Waals surface area (Å²) < 4.78 is 58.2. The first kappa shape index (κ1) is 61.2. The molecule has 0 amide bonds. The van der Waals surface area contributed by atoms with Crippen molar-refractivity contribution in [1.82, 2.24) is 9.80 Å². The number of carbonyl (C=O) groups excluding carboxylic acids is 4. The molecule has 22 atom stereocenters. The first-order valence-electron chi connectivity index (χ1n) is 24.6. The lowest BCUT2D eigenvalue weighted by molar-refractivity contribution is -0.340. The summed E-state index contributed by atoms with van der Waals surface area (Å²) in [6, 6.07) is -0.804. The Morgan fingerprint density at radius 1 is 0.754 bits per heavy atom. The molecule has 4 heterocycles. The molecule has 4 aliphatic heterocycles. The number of Topliss-reactive ketones (excluding diaryl/α,β-unsaturated/α-hetero) is 1. The molecule has 19 nitrogen and oxygen atoms in total. The van der Waals surface area contributed by atoms with Gasteiger partial charge in [0.2, 0.25) is 0 Å². The number of cyclic esters (lactones) is 1. The van der Waals surface area contributed by atoms with Crippen LogP contribution >= 0.6 is 12.4 Å². The first-order valence-corrected chi connectivity index (χ1v) is 24.6. The molecule has 0 aliphatic carbocycles. The number of esters is 3. The van der Waals surface area contributed by atoms with E-state index in [-0.39, 0.29) is 50.6 Å². The Morgan fingerprint density at radius 3 is 1.88 bits per heavy atom. The number of aliphatic hydroxyl groups excluding tert-OH is 3. The summed E-state index contributed by atoms with van der Waals surface area (Å²) in [5, 5.41) is 47.0. The highest BCUT2D eigenvalue weighted by molar-refractivity contribution is 5.85. The van der Waals surface area contributed by atoms with Crippen molar-refractivity contribution < 1.29 is 82.2 Å². The lowest BCUT2D eigenvalue weighted by Crippen LogP contribution is -2.63. The van der Waals surface area contributed by atoms with Crippen molar-refractivity contribution in [3.05, 3.63) is 0 Å². The van der Waals surface area contributed by atoms with E-state index in [0.29, 0.717) is 6.42 Å². The van der Waals surface area contributed by atoms with E-state index in [9.17, 15) is 39.6 Å². The maximum Gasteiger partial charge on any atom is 0.311 e. The van der Waals surface area contributed by atoms with Gasteiger partial charge in [0.15, 0.2) is 30.6 Å². The van der Waals surface area contributed by atoms with Gasteiger partial charge in [0.1, 0.15) is 23.6 Å². The number of aliphatic hydroxyl groups is 4. The zero-order valence-corrected chi connectivity index (χ0v) is 44.9. The molecule has 402 valence electrons. The summed E-state index contributed by atoms with van der Waals surface area (Å²) in [5.74, 6) is -6.58. The molecule has 0 aromatic rings. The Bertz CT molecular complexity index is 1710. The van der Waals surface area contributed by atoms with Crippen LogP contribution in [0.5, 0.6) is 0 Å². The third-order valence-corrected chi connectivity index (χ3v) is 15.0. The molecule has 4 aliphatic rings. The minimum Gasteiger partial charge on any atom is -0.459 e. The molecular formula is C49H87ClN2O17. The number of likely N-dealkylation sites (N-methyl/N-ethyl adjacent to an activating group) is 2. The van der Waals surface area contributed by atoms with Crippen LogP contribution in [0.15, 0.2) is 0 Å². The molecule has 0 radical (unpaired) electrons. The Balaban J connectivity index is 0.0000126. The zero-order valence-electron chi connectivity index (χ0n) is 44.1. The summed E-state index contributed by atoms with van der Waals surface area (Å²) in [5.41, 5.74) is -5.14. The molecule has 20 heteroatoms. The fraction of sp³-hybridized carbons (Fsp3) is 0.918. The number of nitrogens with zero attached hydrogens (tertiary/aromatic N) is 2. The summed E-state index contributed by atoms with van der Waals surface area (Å²) in [6.45, 7) is 21.1. The van der Waals surface area contributed by atoms with Gasteiger partial charge in [-0.3, -0.25) is 19.2 Å². The lowest BCUT2D eigenvalue weighted by Gasteiger charge is -2.51. The molecule has 0 aromatic carbocycles. The van der Waals surface area contributed by atoms with Crippen LogP contribution in [0.3, 0.4) is 0 Å². The van der Waals surface area contributed by atoms with E-state index in [0.717, 1.165) is 0 Å². The monoisotopic (exact) mass is 1010 g/mol. The summed E-state index contributed by atoms with van der Waals surface area (Å²) in [6.07, 6.45) is -13.3. The van der Waals surface area contributed by atoms with Crippen LogP contribution in [0.2, 0.25) is 0 Å². The Labute approximate surface area is 416 Å². The number of hydrogen-bond donors (Lipinski definition) is 4. The second kappa shape index (κ2) is 24.7. The molecule has 4 rings (SSSR count). The first-order chi connectivity index (χ1) is 31.4. The third kappa shape index (κ3) is 14.1. The van der Waals surface area contributed by atoms with Gasteiger partial charge in [0.05, 0.1) is 54.2 Å². The van der Waals surface area contributed by atoms with E-state index in [2.05, 4.69) is 0 Å². The molecule has 69 heavy (non-hydrogen) atoms. The number of ketones is 1. The second-order valence-corrected chi connectivity index (χ2v) is 21.3. The van der Waals surface area contributed by atoms with Gasteiger partial charge in [0.25, 0.3) is 0 Å². The van der Waals surface area contributed by atoms with Crippen LogP contribution in [0.4, 0.5) is 0 Å². The zero-order chi connectivity index (χ0) is 51.5. The average molecular weight is 1010 g/mol. The van der Waals surface area contributed by atoms with Crippen LogP contribution in [0.25, 0.3) is 0 Å². The largest absolute Gasteiger partial charge is 0.459 e. The van der Waals surface area contributed by atoms with Gasteiger partial charge in [-0.05, 0) is 95.9 Å². The number of hydrogen-bond acceptors (Lipinski definition) is 19. The minimum absolute atomic E-state index is 0. The molecule has 0 bridgehead atoms. The van der Waals surface area contributed by atoms with E-state index in [1.165, 1.54) is 20.8 Å². The normalized spacial score (nSPS) is 45.2. The molecule has 0 aromatic heterocycles. The highest BCUT2D eigenvalue weighted by Gasteiger charge is 2.56. The molecule has 0 saturated carbocycles. The van der Waals surface area contributed by atoms with Gasteiger partial charge < -0.3 is 72.9 Å². The molecular weight excluding hydrogens is 924 g/mol. The van der Waals surface area contributed by atoms with Gasteiger partial charge in [-0.15, -0.1) is 12.4 Å². The number of rotatable bonds is 12. The molecule has 0 spiro atoms. The van der Waals surface area contributed by atoms with Crippen molar-refractivity contribution in [1.29, 1.82) is 0 Å². The van der Waals surface area contributed by atoms with Crippen molar-refractivity contribution in [2.75, 3.05) is 28.2 Å². The molecule has 0 unspecified atom stereocenters. The Morgan fingerprint density at radius 2 is 1.33 bits per heavy atom. The van der Waals surface area contributed by atoms with Crippen LogP contribution < -0.4 is 0 Å². The quantitative estimate of drug-likeness (QED) is 0.162. The van der Waals surface area contributed by atoms with Gasteiger partial charge in [0, 0.05) is 56.0 Å². The van der Waals surface area contributed by atoms with E-state index >= 15 is 0 Å². The van der Waals surface area contributed by atoms with Gasteiger partial charge in [-0.2, -0.15) is 0 Å². The maximum absolute atomic E-state index is 14.7. The van der Waals surface area contributed by atoms with Gasteiger partial charge in [-0.25, -0.2) is 0 Å². The van der Waals surface area contributed by atoms with Crippen molar-refractivity contribution in [2.45, 2.75) is 237 Å². The fourth-order valence-electron chi connectivity index (χ4n) is 11.1. The van der Waals surface area contributed by atoms with E-state index in [1.54, 1.807) is 62.3 Å². The predicted molar refractivity (Wildman–Crippen MR) is 254 cm³/mol. The summed E-state index contributed by atoms with van der Waals surface area (Å²) >= 11 is 0. The summed E-state index contributed by atoms with van der Waals surface area (Å²) in [7, 11) is 7.38.